The number of hydrogen-bond donors (Lipinski definition) is 1. The fraction of sp³-hybridized carbons (Fsp3) is 0.333. The summed E-state index contributed by atoms with van der Waals surface area (Å²) in [5, 5.41) is 1.89. The summed E-state index contributed by atoms with van der Waals surface area (Å²) in [6.07, 6.45) is 0. The van der Waals surface area contributed by atoms with Gasteiger partial charge in [-0.2, -0.15) is 5.06 Å². The Balaban J connectivity index is 0.000000845. The Bertz CT molecular complexity index is 304. The molecule has 0 unspecified atom stereocenters. The maximum absolute atomic E-state index is 5.81. The van der Waals surface area contributed by atoms with Crippen molar-refractivity contribution in [2.45, 2.75) is 13.1 Å². The summed E-state index contributed by atoms with van der Waals surface area (Å²) in [5.74, 6) is 0. The van der Waals surface area contributed by atoms with E-state index in [4.69, 9.17) is 10.6 Å². The van der Waals surface area contributed by atoms with E-state index >= 15 is 0 Å². The Labute approximate surface area is 83.8 Å². The standard InChI is InChI=1S/C9H12N2O.ClH/c1-12-11-5-7-3-2-4-9(10)8(7)6-11;/h2-4H,5-6,10H2,1H3;1H. The monoisotopic (exact) mass is 200 g/mol. The van der Waals surface area contributed by atoms with E-state index in [1.165, 1.54) is 11.1 Å². The molecular weight excluding hydrogens is 188 g/mol. The summed E-state index contributed by atoms with van der Waals surface area (Å²) in [4.78, 5) is 5.13. The maximum Gasteiger partial charge on any atom is 0.0575 e. The van der Waals surface area contributed by atoms with Crippen LogP contribution in [-0.4, -0.2) is 12.2 Å². The second-order valence-corrected chi connectivity index (χ2v) is 2.97. The summed E-state index contributed by atoms with van der Waals surface area (Å²) in [7, 11) is 1.68. The number of benzene rings is 1. The third-order valence-corrected chi connectivity index (χ3v) is 2.25. The van der Waals surface area contributed by atoms with Gasteiger partial charge >= 0.3 is 0 Å². The summed E-state index contributed by atoms with van der Waals surface area (Å²) in [6, 6.07) is 6.00. The Kier molecular flexibility index (Phi) is 3.14. The molecule has 1 aromatic carbocycles. The molecule has 13 heavy (non-hydrogen) atoms. The molecule has 0 aromatic heterocycles. The average molecular weight is 201 g/mol. The van der Waals surface area contributed by atoms with E-state index in [-0.39, 0.29) is 12.4 Å². The summed E-state index contributed by atoms with van der Waals surface area (Å²) < 4.78 is 0. The number of hydrogen-bond acceptors (Lipinski definition) is 3. The molecule has 1 aliphatic heterocycles. The first-order valence-electron chi connectivity index (χ1n) is 3.96. The van der Waals surface area contributed by atoms with E-state index in [0.717, 1.165) is 18.8 Å². The SMILES string of the molecule is CON1Cc2cccc(N)c2C1.Cl. The van der Waals surface area contributed by atoms with E-state index < -0.39 is 0 Å². The fourth-order valence-corrected chi connectivity index (χ4v) is 1.55. The average Bonchev–Trinajstić information content (AvgIpc) is 2.49. The van der Waals surface area contributed by atoms with Gasteiger partial charge in [-0.25, -0.2) is 0 Å². The molecular formula is C9H13ClN2O. The quantitative estimate of drug-likeness (QED) is 0.700. The number of nitrogen functional groups attached to an aromatic ring is 1. The molecule has 72 valence electrons. The van der Waals surface area contributed by atoms with Crippen LogP contribution in [0.1, 0.15) is 11.1 Å². The topological polar surface area (TPSA) is 38.5 Å². The molecule has 0 amide bonds. The summed E-state index contributed by atoms with van der Waals surface area (Å²) >= 11 is 0. The van der Waals surface area contributed by atoms with Crippen LogP contribution in [-0.2, 0) is 17.9 Å². The lowest BCUT2D eigenvalue weighted by molar-refractivity contribution is -0.137. The van der Waals surface area contributed by atoms with Crippen LogP contribution in [0.5, 0.6) is 0 Å². The van der Waals surface area contributed by atoms with E-state index in [1.807, 2.05) is 17.2 Å². The number of fused-ring (bicyclic) bond motifs is 1. The van der Waals surface area contributed by atoms with Gasteiger partial charge in [0.25, 0.3) is 0 Å². The van der Waals surface area contributed by atoms with Crippen molar-refractivity contribution in [3.63, 3.8) is 0 Å². The van der Waals surface area contributed by atoms with Crippen LogP contribution >= 0.6 is 12.4 Å². The zero-order valence-electron chi connectivity index (χ0n) is 7.49. The molecule has 0 saturated carbocycles. The molecule has 2 rings (SSSR count). The highest BCUT2D eigenvalue weighted by atomic mass is 35.5. The van der Waals surface area contributed by atoms with Crippen molar-refractivity contribution in [2.24, 2.45) is 0 Å². The number of rotatable bonds is 1. The first-order chi connectivity index (χ1) is 5.81. The van der Waals surface area contributed by atoms with Gasteiger partial charge < -0.3 is 10.6 Å². The predicted molar refractivity (Wildman–Crippen MR) is 54.4 cm³/mol. The van der Waals surface area contributed by atoms with Gasteiger partial charge in [-0.15, -0.1) is 12.4 Å². The largest absolute Gasteiger partial charge is 0.398 e. The Morgan fingerprint density at radius 3 is 2.77 bits per heavy atom. The molecule has 0 bridgehead atoms. The molecule has 0 aliphatic carbocycles. The van der Waals surface area contributed by atoms with Crippen LogP contribution in [0.4, 0.5) is 5.69 Å². The fourth-order valence-electron chi connectivity index (χ4n) is 1.55. The Morgan fingerprint density at radius 2 is 2.15 bits per heavy atom. The van der Waals surface area contributed by atoms with Crippen molar-refractivity contribution >= 4 is 18.1 Å². The van der Waals surface area contributed by atoms with E-state index in [2.05, 4.69) is 6.07 Å². The molecule has 0 spiro atoms. The highest BCUT2D eigenvalue weighted by Gasteiger charge is 2.19. The van der Waals surface area contributed by atoms with Gasteiger partial charge in [0.15, 0.2) is 0 Å². The van der Waals surface area contributed by atoms with Crippen molar-refractivity contribution in [2.75, 3.05) is 12.8 Å². The van der Waals surface area contributed by atoms with Gasteiger partial charge in [0.05, 0.1) is 13.7 Å². The van der Waals surface area contributed by atoms with Crippen LogP contribution in [0.2, 0.25) is 0 Å². The van der Waals surface area contributed by atoms with E-state index in [0.29, 0.717) is 0 Å². The summed E-state index contributed by atoms with van der Waals surface area (Å²) in [5.41, 5.74) is 9.16. The minimum Gasteiger partial charge on any atom is -0.398 e. The number of hydroxylamine groups is 2. The first-order valence-corrected chi connectivity index (χ1v) is 3.96. The van der Waals surface area contributed by atoms with Crippen molar-refractivity contribution in [1.29, 1.82) is 0 Å². The molecule has 2 N–H and O–H groups in total. The zero-order valence-corrected chi connectivity index (χ0v) is 8.30. The zero-order chi connectivity index (χ0) is 8.55. The molecule has 3 nitrogen and oxygen atoms in total. The number of anilines is 1. The van der Waals surface area contributed by atoms with E-state index in [9.17, 15) is 0 Å². The second kappa shape index (κ2) is 3.96. The van der Waals surface area contributed by atoms with E-state index in [1.54, 1.807) is 7.11 Å². The number of halogens is 1. The molecule has 0 radical (unpaired) electrons. The highest BCUT2D eigenvalue weighted by molar-refractivity contribution is 5.85. The Morgan fingerprint density at radius 1 is 1.38 bits per heavy atom. The van der Waals surface area contributed by atoms with Gasteiger partial charge in [0.2, 0.25) is 0 Å². The molecule has 0 saturated heterocycles. The van der Waals surface area contributed by atoms with Crippen LogP contribution in [0, 0.1) is 0 Å². The minimum absolute atomic E-state index is 0. The normalized spacial score (nSPS) is 15.2. The number of nitrogens with two attached hydrogens (primary N) is 1. The minimum atomic E-state index is 0. The molecule has 1 aromatic rings. The Hall–Kier alpha value is -0.770. The van der Waals surface area contributed by atoms with Crippen molar-refractivity contribution in [3.8, 4) is 0 Å². The van der Waals surface area contributed by atoms with Crippen LogP contribution in [0.3, 0.4) is 0 Å². The van der Waals surface area contributed by atoms with Gasteiger partial charge in [-0.1, -0.05) is 12.1 Å². The lowest BCUT2D eigenvalue weighted by Gasteiger charge is -2.09. The third kappa shape index (κ3) is 1.77. The van der Waals surface area contributed by atoms with Gasteiger partial charge in [-0.3, -0.25) is 0 Å². The molecule has 0 fully saturated rings. The van der Waals surface area contributed by atoms with Crippen LogP contribution in [0.25, 0.3) is 0 Å². The maximum atomic E-state index is 5.81. The highest BCUT2D eigenvalue weighted by Crippen LogP contribution is 2.26. The predicted octanol–water partition coefficient (Wildman–Crippen LogP) is 1.57. The van der Waals surface area contributed by atoms with Crippen molar-refractivity contribution in [1.82, 2.24) is 5.06 Å². The molecule has 1 aliphatic rings. The molecule has 1 heterocycles. The lowest BCUT2D eigenvalue weighted by atomic mass is 10.1. The lowest BCUT2D eigenvalue weighted by Crippen LogP contribution is -2.13. The third-order valence-electron chi connectivity index (χ3n) is 2.25. The molecule has 4 heteroatoms. The van der Waals surface area contributed by atoms with Gasteiger partial charge in [0.1, 0.15) is 0 Å². The summed E-state index contributed by atoms with van der Waals surface area (Å²) in [6.45, 7) is 1.65. The van der Waals surface area contributed by atoms with Crippen LogP contribution < -0.4 is 5.73 Å². The van der Waals surface area contributed by atoms with Crippen LogP contribution in [0.15, 0.2) is 18.2 Å². The second-order valence-electron chi connectivity index (χ2n) is 2.97. The van der Waals surface area contributed by atoms with Gasteiger partial charge in [-0.05, 0) is 17.2 Å². The number of nitrogens with zero attached hydrogens (tertiary/aromatic N) is 1. The van der Waals surface area contributed by atoms with Gasteiger partial charge in [0, 0.05) is 12.2 Å². The molecule has 0 atom stereocenters. The smallest absolute Gasteiger partial charge is 0.0575 e. The van der Waals surface area contributed by atoms with Crippen molar-refractivity contribution in [3.05, 3.63) is 29.3 Å². The van der Waals surface area contributed by atoms with Crippen molar-refractivity contribution < 1.29 is 4.84 Å². The first kappa shape index (κ1) is 10.3.